The molecule has 1 fully saturated rings. The van der Waals surface area contributed by atoms with Crippen LogP contribution >= 0.6 is 0 Å². The highest BCUT2D eigenvalue weighted by atomic mass is 16.5. The minimum atomic E-state index is -1.26. The largest absolute Gasteiger partial charge is 0.478 e. The zero-order valence-electron chi connectivity index (χ0n) is 13.3. The number of carbonyl (C=O) groups excluding carboxylic acids is 1. The van der Waals surface area contributed by atoms with Gasteiger partial charge in [-0.2, -0.15) is 0 Å². The van der Waals surface area contributed by atoms with E-state index in [9.17, 15) is 14.4 Å². The molecular formula is C15H20N2O7. The number of nitrogens with zero attached hydrogens (tertiary/aromatic N) is 2. The molecule has 0 bridgehead atoms. The zero-order valence-corrected chi connectivity index (χ0v) is 13.3. The Morgan fingerprint density at radius 1 is 1.25 bits per heavy atom. The Morgan fingerprint density at radius 3 is 2.33 bits per heavy atom. The van der Waals surface area contributed by atoms with Crippen molar-refractivity contribution >= 4 is 17.9 Å². The van der Waals surface area contributed by atoms with Gasteiger partial charge in [0.05, 0.1) is 13.2 Å². The third-order valence-electron chi connectivity index (χ3n) is 2.96. The molecule has 9 nitrogen and oxygen atoms in total. The highest BCUT2D eigenvalue weighted by Crippen LogP contribution is 2.12. The number of carbonyl (C=O) groups is 3. The Kier molecular flexibility index (Phi) is 8.20. The lowest BCUT2D eigenvalue weighted by molar-refractivity contribution is -0.134. The van der Waals surface area contributed by atoms with Gasteiger partial charge in [-0.3, -0.25) is 4.90 Å². The fourth-order valence-corrected chi connectivity index (χ4v) is 1.96. The Morgan fingerprint density at radius 2 is 1.83 bits per heavy atom. The molecule has 1 saturated heterocycles. The summed E-state index contributed by atoms with van der Waals surface area (Å²) in [7, 11) is 0. The molecule has 0 amide bonds. The van der Waals surface area contributed by atoms with E-state index in [4.69, 9.17) is 19.4 Å². The van der Waals surface area contributed by atoms with Crippen LogP contribution in [0.25, 0.3) is 0 Å². The van der Waals surface area contributed by atoms with E-state index in [1.54, 1.807) is 6.92 Å². The SMILES string of the molecule is CCOC(=O)c1coc(CN2CCCC2)n1.O=C(O)C=CC(=O)O. The molecule has 0 unspecified atom stereocenters. The van der Waals surface area contributed by atoms with E-state index in [0.29, 0.717) is 31.2 Å². The lowest BCUT2D eigenvalue weighted by atomic mass is 10.4. The Hall–Kier alpha value is -2.68. The summed E-state index contributed by atoms with van der Waals surface area (Å²) in [4.78, 5) is 36.8. The van der Waals surface area contributed by atoms with Crippen LogP contribution in [0.4, 0.5) is 0 Å². The number of aromatic nitrogens is 1. The molecule has 0 aliphatic carbocycles. The van der Waals surface area contributed by atoms with E-state index in [-0.39, 0.29) is 5.69 Å². The summed E-state index contributed by atoms with van der Waals surface area (Å²) in [5.41, 5.74) is 0.260. The van der Waals surface area contributed by atoms with Crippen molar-refractivity contribution in [2.24, 2.45) is 0 Å². The van der Waals surface area contributed by atoms with Crippen molar-refractivity contribution in [3.8, 4) is 0 Å². The van der Waals surface area contributed by atoms with E-state index < -0.39 is 17.9 Å². The molecule has 1 aromatic heterocycles. The maximum atomic E-state index is 11.3. The third kappa shape index (κ3) is 7.54. The van der Waals surface area contributed by atoms with Gasteiger partial charge in [-0.1, -0.05) is 0 Å². The predicted octanol–water partition coefficient (Wildman–Crippen LogP) is 1.16. The van der Waals surface area contributed by atoms with Gasteiger partial charge >= 0.3 is 17.9 Å². The maximum absolute atomic E-state index is 11.3. The topological polar surface area (TPSA) is 130 Å². The number of ether oxygens (including phenoxy) is 1. The molecule has 0 radical (unpaired) electrons. The molecule has 1 aromatic rings. The minimum absolute atomic E-state index is 0.260. The number of aliphatic carboxylic acids is 2. The maximum Gasteiger partial charge on any atom is 0.360 e. The van der Waals surface area contributed by atoms with Crippen LogP contribution in [0, 0.1) is 0 Å². The second kappa shape index (κ2) is 10.2. The Labute approximate surface area is 138 Å². The highest BCUT2D eigenvalue weighted by Gasteiger charge is 2.17. The van der Waals surface area contributed by atoms with Crippen LogP contribution in [0.5, 0.6) is 0 Å². The average molecular weight is 340 g/mol. The minimum Gasteiger partial charge on any atom is -0.478 e. The first kappa shape index (κ1) is 19.4. The normalized spacial score (nSPS) is 14.2. The van der Waals surface area contributed by atoms with Crippen molar-refractivity contribution in [3.05, 3.63) is 30.0 Å². The fourth-order valence-electron chi connectivity index (χ4n) is 1.96. The van der Waals surface area contributed by atoms with Crippen LogP contribution in [0.1, 0.15) is 36.1 Å². The fraction of sp³-hybridized carbons (Fsp3) is 0.467. The first-order valence-corrected chi connectivity index (χ1v) is 7.40. The van der Waals surface area contributed by atoms with Gasteiger partial charge < -0.3 is 19.4 Å². The van der Waals surface area contributed by atoms with Crippen LogP contribution in [0.3, 0.4) is 0 Å². The predicted molar refractivity (Wildman–Crippen MR) is 81.4 cm³/mol. The molecule has 24 heavy (non-hydrogen) atoms. The van der Waals surface area contributed by atoms with Crippen LogP contribution in [-0.4, -0.2) is 57.7 Å². The number of esters is 1. The highest BCUT2D eigenvalue weighted by molar-refractivity contribution is 5.89. The Balaban J connectivity index is 0.000000307. The molecule has 2 rings (SSSR count). The van der Waals surface area contributed by atoms with Gasteiger partial charge in [0.1, 0.15) is 6.26 Å². The molecule has 1 aliphatic heterocycles. The first-order valence-electron chi connectivity index (χ1n) is 7.40. The van der Waals surface area contributed by atoms with E-state index >= 15 is 0 Å². The van der Waals surface area contributed by atoms with E-state index in [2.05, 4.69) is 9.88 Å². The summed E-state index contributed by atoms with van der Waals surface area (Å²) in [6, 6.07) is 0. The summed E-state index contributed by atoms with van der Waals surface area (Å²) in [6.45, 7) is 4.96. The molecule has 0 spiro atoms. The van der Waals surface area contributed by atoms with Crippen LogP contribution < -0.4 is 0 Å². The third-order valence-corrected chi connectivity index (χ3v) is 2.96. The van der Waals surface area contributed by atoms with Gasteiger partial charge in [0, 0.05) is 12.2 Å². The van der Waals surface area contributed by atoms with Gasteiger partial charge in [0.25, 0.3) is 0 Å². The molecular weight excluding hydrogens is 320 g/mol. The number of hydrogen-bond donors (Lipinski definition) is 2. The van der Waals surface area contributed by atoms with Gasteiger partial charge in [-0.25, -0.2) is 19.4 Å². The second-order valence-corrected chi connectivity index (χ2v) is 4.84. The summed E-state index contributed by atoms with van der Waals surface area (Å²) >= 11 is 0. The number of hydrogen-bond acceptors (Lipinski definition) is 7. The number of likely N-dealkylation sites (tertiary alicyclic amines) is 1. The smallest absolute Gasteiger partial charge is 0.360 e. The molecule has 0 saturated carbocycles. The van der Waals surface area contributed by atoms with Crippen molar-refractivity contribution < 1.29 is 33.8 Å². The van der Waals surface area contributed by atoms with Crippen LogP contribution in [0.15, 0.2) is 22.8 Å². The summed E-state index contributed by atoms with van der Waals surface area (Å²) in [6.07, 6.45) is 4.94. The van der Waals surface area contributed by atoms with Crippen molar-refractivity contribution in [3.63, 3.8) is 0 Å². The van der Waals surface area contributed by atoms with Gasteiger partial charge in [0.15, 0.2) is 5.69 Å². The molecule has 9 heteroatoms. The molecule has 2 N–H and O–H groups in total. The summed E-state index contributed by atoms with van der Waals surface area (Å²) in [5, 5.41) is 15.6. The van der Waals surface area contributed by atoms with E-state index in [1.165, 1.54) is 19.1 Å². The molecule has 0 aromatic carbocycles. The molecule has 1 aliphatic rings. The molecule has 2 heterocycles. The van der Waals surface area contributed by atoms with Crippen LogP contribution in [-0.2, 0) is 20.9 Å². The van der Waals surface area contributed by atoms with Crippen LogP contribution in [0.2, 0.25) is 0 Å². The number of carboxylic acid groups (broad SMARTS) is 2. The second-order valence-electron chi connectivity index (χ2n) is 4.84. The average Bonchev–Trinajstić information content (AvgIpc) is 3.18. The summed E-state index contributed by atoms with van der Waals surface area (Å²) < 4.78 is 10.1. The number of carboxylic acids is 2. The van der Waals surface area contributed by atoms with Crippen molar-refractivity contribution in [1.82, 2.24) is 9.88 Å². The molecule has 132 valence electrons. The number of oxazole rings is 1. The van der Waals surface area contributed by atoms with Gasteiger partial charge in [0.2, 0.25) is 5.89 Å². The first-order chi connectivity index (χ1) is 11.4. The van der Waals surface area contributed by atoms with Gasteiger partial charge in [-0.15, -0.1) is 0 Å². The lowest BCUT2D eigenvalue weighted by Crippen LogP contribution is -2.18. The van der Waals surface area contributed by atoms with Crippen molar-refractivity contribution in [2.75, 3.05) is 19.7 Å². The Bertz CT molecular complexity index is 572. The van der Waals surface area contributed by atoms with E-state index in [0.717, 1.165) is 13.1 Å². The summed E-state index contributed by atoms with van der Waals surface area (Å²) in [5.74, 6) is -2.34. The lowest BCUT2D eigenvalue weighted by Gasteiger charge is -2.10. The quantitative estimate of drug-likeness (QED) is 0.578. The molecule has 0 atom stereocenters. The van der Waals surface area contributed by atoms with Crippen molar-refractivity contribution in [1.29, 1.82) is 0 Å². The van der Waals surface area contributed by atoms with Gasteiger partial charge in [-0.05, 0) is 32.9 Å². The monoisotopic (exact) mass is 340 g/mol. The van der Waals surface area contributed by atoms with E-state index in [1.807, 2.05) is 0 Å². The number of rotatable bonds is 6. The van der Waals surface area contributed by atoms with Crippen molar-refractivity contribution in [2.45, 2.75) is 26.3 Å². The zero-order chi connectivity index (χ0) is 17.9. The standard InChI is InChI=1S/C11H16N2O3.C4H4O4/c1-2-15-11(14)9-8-16-10(12-9)7-13-5-3-4-6-13;5-3(6)1-2-4(7)8/h8H,2-7H2,1H3;1-2H,(H,5,6)(H,7,8).